The Balaban J connectivity index is 2.27. The summed E-state index contributed by atoms with van der Waals surface area (Å²) < 4.78 is 13.0. The van der Waals surface area contributed by atoms with Crippen LogP contribution in [0.3, 0.4) is 0 Å². The van der Waals surface area contributed by atoms with Crippen LogP contribution < -0.4 is 0 Å². The molecule has 0 spiro atoms. The van der Waals surface area contributed by atoms with E-state index >= 15 is 0 Å². The molecule has 0 aliphatic heterocycles. The fraction of sp³-hybridized carbons (Fsp3) is 0.0588. The van der Waals surface area contributed by atoms with Gasteiger partial charge < -0.3 is 5.11 Å². The number of rotatable bonds is 3. The van der Waals surface area contributed by atoms with Crippen molar-refractivity contribution >= 4 is 11.6 Å². The van der Waals surface area contributed by atoms with Gasteiger partial charge in [0.05, 0.1) is 0 Å². The molecule has 0 aliphatic carbocycles. The van der Waals surface area contributed by atoms with Crippen LogP contribution in [0.4, 0.5) is 4.39 Å². The minimum Gasteiger partial charge on any atom is -0.376 e. The van der Waals surface area contributed by atoms with Crippen molar-refractivity contribution in [2.45, 2.75) is 5.60 Å². The highest BCUT2D eigenvalue weighted by Crippen LogP contribution is 2.39. The highest BCUT2D eigenvalue weighted by Gasteiger charge is 2.36. The minimum absolute atomic E-state index is 0.341. The zero-order valence-electron chi connectivity index (χ0n) is 11.4. The van der Waals surface area contributed by atoms with E-state index in [1.807, 2.05) is 18.2 Å². The number of aliphatic hydroxyl groups is 1. The first-order chi connectivity index (χ1) is 10.6. The molecule has 3 rings (SSSR count). The first-order valence-corrected chi connectivity index (χ1v) is 7.01. The molecule has 1 unspecified atom stereocenters. The molecule has 0 saturated carbocycles. The molecule has 3 aromatic rings. The lowest BCUT2D eigenvalue weighted by molar-refractivity contribution is 0.124. The molecule has 0 fully saturated rings. The number of nitrogens with zero attached hydrogens (tertiary/aromatic N) is 2. The van der Waals surface area contributed by atoms with Crippen LogP contribution in [0.2, 0.25) is 5.02 Å². The summed E-state index contributed by atoms with van der Waals surface area (Å²) in [5.74, 6) is 0. The largest absolute Gasteiger partial charge is 0.376 e. The summed E-state index contributed by atoms with van der Waals surface area (Å²) in [7, 11) is 0. The number of benzene rings is 2. The molecular formula is C17H12ClFN2O. The van der Waals surface area contributed by atoms with Gasteiger partial charge in [0, 0.05) is 28.5 Å². The molecule has 0 aliphatic rings. The summed E-state index contributed by atoms with van der Waals surface area (Å²) in [6.07, 6.45) is 1.68. The van der Waals surface area contributed by atoms with Crippen molar-refractivity contribution in [1.29, 1.82) is 0 Å². The van der Waals surface area contributed by atoms with Crippen molar-refractivity contribution < 1.29 is 9.50 Å². The van der Waals surface area contributed by atoms with Crippen LogP contribution in [0, 0.1) is 6.08 Å². The van der Waals surface area contributed by atoms with Crippen molar-refractivity contribution in [1.82, 2.24) is 9.97 Å². The van der Waals surface area contributed by atoms with Crippen LogP contribution >= 0.6 is 11.6 Å². The van der Waals surface area contributed by atoms with Crippen LogP contribution in [0.15, 0.2) is 67.0 Å². The van der Waals surface area contributed by atoms with E-state index in [2.05, 4.69) is 9.97 Å². The average Bonchev–Trinajstić information content (AvgIpc) is 2.56. The van der Waals surface area contributed by atoms with Crippen molar-refractivity contribution in [3.63, 3.8) is 0 Å². The van der Waals surface area contributed by atoms with Gasteiger partial charge in [0.2, 0.25) is 0 Å². The van der Waals surface area contributed by atoms with Gasteiger partial charge in [0.1, 0.15) is 5.60 Å². The van der Waals surface area contributed by atoms with E-state index < -0.39 is 11.7 Å². The predicted molar refractivity (Wildman–Crippen MR) is 82.0 cm³/mol. The average molecular weight is 315 g/mol. The third kappa shape index (κ3) is 2.47. The van der Waals surface area contributed by atoms with E-state index in [1.54, 1.807) is 36.4 Å². The standard InChI is InChI=1S/C17H12ClFN2O/c18-15-9-5-4-8-14(15)17(22,12-6-2-1-3-7-12)13-10-20-16(19)21-11-13/h1-11,22H. The minimum atomic E-state index is -1.56. The van der Waals surface area contributed by atoms with Crippen LogP contribution in [0.25, 0.3) is 0 Å². The van der Waals surface area contributed by atoms with Gasteiger partial charge in [-0.05, 0) is 11.6 Å². The Hall–Kier alpha value is -2.30. The van der Waals surface area contributed by atoms with E-state index in [0.717, 1.165) is 0 Å². The Labute approximate surface area is 132 Å². The number of aromatic nitrogens is 2. The van der Waals surface area contributed by atoms with E-state index in [4.69, 9.17) is 11.6 Å². The lowest BCUT2D eigenvalue weighted by atomic mass is 9.81. The van der Waals surface area contributed by atoms with E-state index in [0.29, 0.717) is 21.7 Å². The molecule has 5 heteroatoms. The second-order valence-electron chi connectivity index (χ2n) is 4.80. The zero-order valence-corrected chi connectivity index (χ0v) is 12.2. The Bertz CT molecular complexity index is 780. The van der Waals surface area contributed by atoms with Crippen LogP contribution in [-0.2, 0) is 5.60 Å². The topological polar surface area (TPSA) is 46.0 Å². The van der Waals surface area contributed by atoms with Crippen LogP contribution in [0.1, 0.15) is 16.7 Å². The maximum Gasteiger partial charge on any atom is 0.308 e. The van der Waals surface area contributed by atoms with E-state index in [-0.39, 0.29) is 0 Å². The molecule has 22 heavy (non-hydrogen) atoms. The molecule has 0 saturated heterocycles. The normalized spacial score (nSPS) is 13.6. The zero-order chi connectivity index (χ0) is 15.6. The molecule has 1 atom stereocenters. The molecule has 0 amide bonds. The third-order valence-electron chi connectivity index (χ3n) is 3.49. The van der Waals surface area contributed by atoms with Crippen LogP contribution in [0.5, 0.6) is 0 Å². The van der Waals surface area contributed by atoms with Crippen molar-refractivity contribution in [3.05, 3.63) is 94.8 Å². The summed E-state index contributed by atoms with van der Waals surface area (Å²) in [5.41, 5.74) is -0.141. The Morgan fingerprint density at radius 2 is 1.45 bits per heavy atom. The first kappa shape index (κ1) is 14.6. The van der Waals surface area contributed by atoms with E-state index in [9.17, 15) is 9.50 Å². The first-order valence-electron chi connectivity index (χ1n) is 6.63. The van der Waals surface area contributed by atoms with Crippen molar-refractivity contribution in [2.75, 3.05) is 0 Å². The van der Waals surface area contributed by atoms with Crippen molar-refractivity contribution in [3.8, 4) is 0 Å². The molecular weight excluding hydrogens is 303 g/mol. The van der Waals surface area contributed by atoms with E-state index in [1.165, 1.54) is 12.4 Å². The summed E-state index contributed by atoms with van der Waals surface area (Å²) in [6.45, 7) is 0. The van der Waals surface area contributed by atoms with Crippen molar-refractivity contribution in [2.24, 2.45) is 0 Å². The Kier molecular flexibility index (Phi) is 3.88. The highest BCUT2D eigenvalue weighted by atomic mass is 35.5. The predicted octanol–water partition coefficient (Wildman–Crippen LogP) is 3.55. The molecule has 2 aromatic carbocycles. The molecule has 110 valence electrons. The van der Waals surface area contributed by atoms with Gasteiger partial charge in [-0.25, -0.2) is 9.97 Å². The quantitative estimate of drug-likeness (QED) is 0.752. The number of halogens is 2. The van der Waals surface area contributed by atoms with Gasteiger partial charge in [0.25, 0.3) is 0 Å². The monoisotopic (exact) mass is 314 g/mol. The molecule has 3 nitrogen and oxygen atoms in total. The number of hydrogen-bond acceptors (Lipinski definition) is 3. The summed E-state index contributed by atoms with van der Waals surface area (Å²) in [4.78, 5) is 7.09. The summed E-state index contributed by atoms with van der Waals surface area (Å²) in [5, 5.41) is 11.8. The van der Waals surface area contributed by atoms with Gasteiger partial charge in [-0.15, -0.1) is 0 Å². The van der Waals surface area contributed by atoms with Gasteiger partial charge in [-0.3, -0.25) is 0 Å². The lowest BCUT2D eigenvalue weighted by Crippen LogP contribution is -2.29. The SMILES string of the molecule is OC(c1ccccc1)(c1cnc(F)nc1)c1ccccc1Cl. The third-order valence-corrected chi connectivity index (χ3v) is 3.82. The highest BCUT2D eigenvalue weighted by molar-refractivity contribution is 6.31. The lowest BCUT2D eigenvalue weighted by Gasteiger charge is -2.30. The molecule has 1 N–H and O–H groups in total. The van der Waals surface area contributed by atoms with Gasteiger partial charge in [0.15, 0.2) is 0 Å². The summed E-state index contributed by atoms with van der Waals surface area (Å²) >= 11 is 6.26. The molecule has 1 heterocycles. The second kappa shape index (κ2) is 5.83. The Morgan fingerprint density at radius 1 is 0.864 bits per heavy atom. The van der Waals surface area contributed by atoms with Gasteiger partial charge >= 0.3 is 6.08 Å². The smallest absolute Gasteiger partial charge is 0.308 e. The van der Waals surface area contributed by atoms with Crippen LogP contribution in [-0.4, -0.2) is 15.1 Å². The fourth-order valence-corrected chi connectivity index (χ4v) is 2.68. The van der Waals surface area contributed by atoms with Gasteiger partial charge in [-0.1, -0.05) is 60.1 Å². The molecule has 1 aromatic heterocycles. The Morgan fingerprint density at radius 3 is 2.09 bits per heavy atom. The molecule has 0 radical (unpaired) electrons. The fourth-order valence-electron chi connectivity index (χ4n) is 2.41. The number of hydrogen-bond donors (Lipinski definition) is 1. The maximum absolute atomic E-state index is 13.0. The second-order valence-corrected chi connectivity index (χ2v) is 5.20. The maximum atomic E-state index is 13.0. The summed E-state index contributed by atoms with van der Waals surface area (Å²) in [6, 6.07) is 16.0. The van der Waals surface area contributed by atoms with Gasteiger partial charge in [-0.2, -0.15) is 4.39 Å². The molecule has 0 bridgehead atoms.